The van der Waals surface area contributed by atoms with Crippen LogP contribution in [0.5, 0.6) is 0 Å². The second-order valence-corrected chi connectivity index (χ2v) is 5.97. The van der Waals surface area contributed by atoms with Crippen molar-refractivity contribution in [1.82, 2.24) is 4.98 Å². The first kappa shape index (κ1) is 14.3. The molecule has 0 radical (unpaired) electrons. The largest absolute Gasteiger partial charge is 0.469 e. The van der Waals surface area contributed by atoms with E-state index < -0.39 is 0 Å². The second-order valence-electron chi connectivity index (χ2n) is 5.13. The maximum absolute atomic E-state index is 11.2. The molecule has 0 aromatic carbocycles. The minimum absolute atomic E-state index is 0.228. The Kier molecular flexibility index (Phi) is 5.19. The summed E-state index contributed by atoms with van der Waals surface area (Å²) in [7, 11) is 3.53. The van der Waals surface area contributed by atoms with Crippen LogP contribution in [0.25, 0.3) is 0 Å². The van der Waals surface area contributed by atoms with Gasteiger partial charge in [0.2, 0.25) is 0 Å². The number of hydrogen-bond acceptors (Lipinski definition) is 5. The molecule has 1 aromatic rings. The van der Waals surface area contributed by atoms with E-state index in [0.29, 0.717) is 6.04 Å². The number of carbonyl (C=O) groups excluding carboxylic acids is 1. The Morgan fingerprint density at radius 3 is 2.74 bits per heavy atom. The summed E-state index contributed by atoms with van der Waals surface area (Å²) in [5, 5.41) is 2.98. The van der Waals surface area contributed by atoms with Gasteiger partial charge in [0.05, 0.1) is 19.2 Å². The Morgan fingerprint density at radius 1 is 1.42 bits per heavy atom. The Bertz CT molecular complexity index is 411. The summed E-state index contributed by atoms with van der Waals surface area (Å²) >= 11 is 1.62. The molecule has 0 N–H and O–H groups in total. The first-order chi connectivity index (χ1) is 9.20. The number of ether oxygens (including phenoxy) is 1. The minimum Gasteiger partial charge on any atom is -0.469 e. The predicted molar refractivity (Wildman–Crippen MR) is 77.7 cm³/mol. The van der Waals surface area contributed by atoms with Gasteiger partial charge in [0.25, 0.3) is 0 Å². The molecule has 1 heterocycles. The van der Waals surface area contributed by atoms with Gasteiger partial charge in [-0.15, -0.1) is 11.3 Å². The lowest BCUT2D eigenvalue weighted by molar-refractivity contribution is -0.139. The smallest absolute Gasteiger partial charge is 0.311 e. The van der Waals surface area contributed by atoms with Gasteiger partial charge in [-0.05, 0) is 12.8 Å². The topological polar surface area (TPSA) is 42.4 Å². The van der Waals surface area contributed by atoms with Crippen molar-refractivity contribution in [3.8, 4) is 0 Å². The number of aromatic nitrogens is 1. The van der Waals surface area contributed by atoms with E-state index in [4.69, 9.17) is 0 Å². The fourth-order valence-electron chi connectivity index (χ4n) is 2.56. The summed E-state index contributed by atoms with van der Waals surface area (Å²) in [5.41, 5.74) is 0.812. The maximum Gasteiger partial charge on any atom is 0.311 e. The fraction of sp³-hybridized carbons (Fsp3) is 0.714. The molecule has 5 heteroatoms. The maximum atomic E-state index is 11.2. The summed E-state index contributed by atoms with van der Waals surface area (Å²) < 4.78 is 4.67. The van der Waals surface area contributed by atoms with Crippen LogP contribution in [0.1, 0.15) is 44.2 Å². The van der Waals surface area contributed by atoms with Gasteiger partial charge in [0, 0.05) is 18.5 Å². The van der Waals surface area contributed by atoms with Gasteiger partial charge in [0.1, 0.15) is 0 Å². The molecule has 0 unspecified atom stereocenters. The lowest BCUT2D eigenvalue weighted by Gasteiger charge is -2.26. The van der Waals surface area contributed by atoms with Crippen LogP contribution in [-0.2, 0) is 16.0 Å². The quantitative estimate of drug-likeness (QED) is 0.629. The fourth-order valence-corrected chi connectivity index (χ4v) is 3.42. The third-order valence-corrected chi connectivity index (χ3v) is 4.75. The molecule has 106 valence electrons. The zero-order valence-electron chi connectivity index (χ0n) is 11.7. The van der Waals surface area contributed by atoms with E-state index in [2.05, 4.69) is 21.7 Å². The number of anilines is 1. The van der Waals surface area contributed by atoms with E-state index in [0.717, 1.165) is 10.8 Å². The number of esters is 1. The lowest BCUT2D eigenvalue weighted by atomic mass is 10.1. The molecule has 1 saturated carbocycles. The Morgan fingerprint density at radius 2 is 2.11 bits per heavy atom. The average molecular weight is 282 g/mol. The Balaban J connectivity index is 1.98. The molecule has 1 aliphatic rings. The van der Waals surface area contributed by atoms with Crippen LogP contribution >= 0.6 is 11.3 Å². The van der Waals surface area contributed by atoms with Gasteiger partial charge in [-0.25, -0.2) is 4.98 Å². The molecule has 0 amide bonds. The molecule has 0 atom stereocenters. The van der Waals surface area contributed by atoms with Gasteiger partial charge in [-0.2, -0.15) is 0 Å². The van der Waals surface area contributed by atoms with Crippen molar-refractivity contribution >= 4 is 22.4 Å². The van der Waals surface area contributed by atoms with Crippen LogP contribution in [0.4, 0.5) is 5.13 Å². The van der Waals surface area contributed by atoms with Crippen molar-refractivity contribution in [1.29, 1.82) is 0 Å². The highest BCUT2D eigenvalue weighted by Crippen LogP contribution is 2.27. The zero-order chi connectivity index (χ0) is 13.7. The van der Waals surface area contributed by atoms with Crippen LogP contribution in [-0.4, -0.2) is 31.2 Å². The molecule has 0 aliphatic heterocycles. The summed E-state index contributed by atoms with van der Waals surface area (Å²) in [4.78, 5) is 18.1. The SMILES string of the molecule is COC(=O)Cc1csc(N(C)C2CCCCCC2)n1. The van der Waals surface area contributed by atoms with Crippen LogP contribution in [0.2, 0.25) is 0 Å². The van der Waals surface area contributed by atoms with Crippen LogP contribution < -0.4 is 4.90 Å². The molecular formula is C14H22N2O2S. The molecule has 0 saturated heterocycles. The molecular weight excluding hydrogens is 260 g/mol. The van der Waals surface area contributed by atoms with E-state index in [1.807, 2.05) is 5.38 Å². The van der Waals surface area contributed by atoms with Gasteiger partial charge in [-0.1, -0.05) is 25.7 Å². The highest BCUT2D eigenvalue weighted by atomic mass is 32.1. The Hall–Kier alpha value is -1.10. The first-order valence-corrected chi connectivity index (χ1v) is 7.82. The number of carbonyl (C=O) groups is 1. The highest BCUT2D eigenvalue weighted by molar-refractivity contribution is 7.13. The molecule has 2 rings (SSSR count). The van der Waals surface area contributed by atoms with Gasteiger partial charge >= 0.3 is 5.97 Å². The summed E-state index contributed by atoms with van der Waals surface area (Å²) in [6.07, 6.45) is 8.12. The van der Waals surface area contributed by atoms with E-state index in [1.165, 1.54) is 45.6 Å². The van der Waals surface area contributed by atoms with Crippen molar-refractivity contribution in [2.45, 2.75) is 51.0 Å². The van der Waals surface area contributed by atoms with Crippen molar-refractivity contribution in [2.75, 3.05) is 19.1 Å². The van der Waals surface area contributed by atoms with Gasteiger partial charge in [0.15, 0.2) is 5.13 Å². The van der Waals surface area contributed by atoms with Crippen LogP contribution in [0.15, 0.2) is 5.38 Å². The van der Waals surface area contributed by atoms with Crippen molar-refractivity contribution < 1.29 is 9.53 Å². The minimum atomic E-state index is -0.228. The van der Waals surface area contributed by atoms with Crippen LogP contribution in [0, 0.1) is 0 Å². The molecule has 4 nitrogen and oxygen atoms in total. The summed E-state index contributed by atoms with van der Waals surface area (Å²) in [5.74, 6) is -0.228. The standard InChI is InChI=1S/C14H22N2O2S/c1-16(12-7-5-3-4-6-8-12)14-15-11(10-19-14)9-13(17)18-2/h10,12H,3-9H2,1-2H3. The third-order valence-electron chi connectivity index (χ3n) is 3.77. The predicted octanol–water partition coefficient (Wildman–Crippen LogP) is 3.02. The van der Waals surface area contributed by atoms with E-state index in [1.54, 1.807) is 11.3 Å². The summed E-state index contributed by atoms with van der Waals surface area (Å²) in [6, 6.07) is 0.597. The second kappa shape index (κ2) is 6.89. The molecule has 0 spiro atoms. The lowest BCUT2D eigenvalue weighted by Crippen LogP contribution is -2.30. The highest BCUT2D eigenvalue weighted by Gasteiger charge is 2.19. The van der Waals surface area contributed by atoms with E-state index in [9.17, 15) is 4.79 Å². The van der Waals surface area contributed by atoms with Gasteiger partial charge < -0.3 is 9.64 Å². The third kappa shape index (κ3) is 3.93. The van der Waals surface area contributed by atoms with E-state index >= 15 is 0 Å². The molecule has 1 fully saturated rings. The number of hydrogen-bond donors (Lipinski definition) is 0. The number of nitrogens with zero attached hydrogens (tertiary/aromatic N) is 2. The first-order valence-electron chi connectivity index (χ1n) is 6.94. The average Bonchev–Trinajstić information content (AvgIpc) is 2.71. The molecule has 0 bridgehead atoms. The van der Waals surface area contributed by atoms with Gasteiger partial charge in [-0.3, -0.25) is 4.79 Å². The molecule has 19 heavy (non-hydrogen) atoms. The number of thiazole rings is 1. The van der Waals surface area contributed by atoms with Crippen molar-refractivity contribution in [3.05, 3.63) is 11.1 Å². The normalized spacial score (nSPS) is 16.9. The summed E-state index contributed by atoms with van der Waals surface area (Å²) in [6.45, 7) is 0. The van der Waals surface area contributed by atoms with E-state index in [-0.39, 0.29) is 12.4 Å². The molecule has 1 aliphatic carbocycles. The number of rotatable bonds is 4. The van der Waals surface area contributed by atoms with Crippen molar-refractivity contribution in [3.63, 3.8) is 0 Å². The zero-order valence-corrected chi connectivity index (χ0v) is 12.5. The number of methoxy groups -OCH3 is 1. The monoisotopic (exact) mass is 282 g/mol. The Labute approximate surface area is 118 Å². The molecule has 1 aromatic heterocycles. The van der Waals surface area contributed by atoms with Crippen LogP contribution in [0.3, 0.4) is 0 Å². The van der Waals surface area contributed by atoms with Crippen molar-refractivity contribution in [2.24, 2.45) is 0 Å².